The first-order chi connectivity index (χ1) is 19.9. The molecule has 0 aliphatic heterocycles. The maximum absolute atomic E-state index is 13.6. The topological polar surface area (TPSA) is 92.6 Å². The summed E-state index contributed by atoms with van der Waals surface area (Å²) in [5, 5.41) is 15.0. The number of fused-ring (bicyclic) bond motifs is 1. The van der Waals surface area contributed by atoms with Crippen LogP contribution < -0.4 is 15.4 Å². The van der Waals surface area contributed by atoms with Gasteiger partial charge in [0.2, 0.25) is 11.8 Å². The predicted octanol–water partition coefficient (Wildman–Crippen LogP) is 7.05. The number of rotatable bonds is 11. The molecular formula is C35H51N3O4. The number of hydrogen-bond donors (Lipinski definition) is 3. The highest BCUT2D eigenvalue weighted by Crippen LogP contribution is 2.50. The van der Waals surface area contributed by atoms with E-state index in [0.717, 1.165) is 49.2 Å². The number of amides is 2. The van der Waals surface area contributed by atoms with Crippen molar-refractivity contribution in [1.82, 2.24) is 9.88 Å². The zero-order chi connectivity index (χ0) is 31.1. The number of nitrogens with one attached hydrogen (secondary N) is 2. The molecule has 1 saturated carbocycles. The van der Waals surface area contributed by atoms with Gasteiger partial charge < -0.3 is 25.0 Å². The van der Waals surface area contributed by atoms with Gasteiger partial charge in [-0.3, -0.25) is 9.59 Å². The molecule has 0 spiro atoms. The van der Waals surface area contributed by atoms with Gasteiger partial charge in [0.15, 0.2) is 0 Å². The van der Waals surface area contributed by atoms with Crippen molar-refractivity contribution in [1.29, 1.82) is 0 Å². The molecule has 3 N–H and O–H groups in total. The van der Waals surface area contributed by atoms with Crippen LogP contribution in [-0.4, -0.2) is 41.2 Å². The molecule has 1 unspecified atom stereocenters. The lowest BCUT2D eigenvalue weighted by Gasteiger charge is -2.22. The number of carbonyl (C=O) groups excluding carboxylic acids is 2. The first-order valence-electron chi connectivity index (χ1n) is 15.5. The Hall–Kier alpha value is -3.32. The summed E-state index contributed by atoms with van der Waals surface area (Å²) in [7, 11) is 0. The average molecular weight is 578 g/mol. The quantitative estimate of drug-likeness (QED) is 0.228. The molecule has 3 aromatic rings. The van der Waals surface area contributed by atoms with E-state index in [0.29, 0.717) is 19.1 Å². The van der Waals surface area contributed by atoms with E-state index in [-0.39, 0.29) is 23.8 Å². The highest BCUT2D eigenvalue weighted by Gasteiger charge is 2.51. The van der Waals surface area contributed by atoms with Crippen molar-refractivity contribution in [3.8, 4) is 5.75 Å². The van der Waals surface area contributed by atoms with Gasteiger partial charge in [-0.1, -0.05) is 53.7 Å². The minimum atomic E-state index is -0.438. The molecule has 1 fully saturated rings. The van der Waals surface area contributed by atoms with Gasteiger partial charge in [-0.05, 0) is 80.0 Å². The molecule has 4 rings (SSSR count). The molecule has 7 heteroatoms. The number of benzene rings is 2. The summed E-state index contributed by atoms with van der Waals surface area (Å²) in [5.41, 5.74) is 5.39. The maximum atomic E-state index is 13.6. The molecule has 0 radical (unpaired) electrons. The van der Waals surface area contributed by atoms with Crippen LogP contribution in [0.5, 0.6) is 5.75 Å². The summed E-state index contributed by atoms with van der Waals surface area (Å²) < 4.78 is 8.33. The third-order valence-corrected chi connectivity index (χ3v) is 8.05. The van der Waals surface area contributed by atoms with Gasteiger partial charge in [-0.2, -0.15) is 0 Å². The van der Waals surface area contributed by atoms with E-state index >= 15 is 0 Å². The number of nitrogens with zero attached hydrogens (tertiary/aromatic N) is 1. The van der Waals surface area contributed by atoms with Crippen molar-refractivity contribution >= 4 is 28.4 Å². The Balaban J connectivity index is 0.000000616. The van der Waals surface area contributed by atoms with E-state index in [4.69, 9.17) is 9.84 Å². The Kier molecular flexibility index (Phi) is 11.2. The largest absolute Gasteiger partial charge is 0.494 e. The van der Waals surface area contributed by atoms with E-state index in [1.165, 1.54) is 29.1 Å². The third-order valence-electron chi connectivity index (χ3n) is 8.05. The molecule has 42 heavy (non-hydrogen) atoms. The van der Waals surface area contributed by atoms with Crippen LogP contribution in [0.15, 0.2) is 42.5 Å². The van der Waals surface area contributed by atoms with Crippen LogP contribution in [0.3, 0.4) is 0 Å². The molecule has 1 atom stereocenters. The van der Waals surface area contributed by atoms with Gasteiger partial charge >= 0.3 is 0 Å². The second kappa shape index (κ2) is 14.2. The Bertz CT molecular complexity index is 1360. The van der Waals surface area contributed by atoms with Gasteiger partial charge in [-0.15, -0.1) is 0 Å². The number of anilines is 1. The van der Waals surface area contributed by atoms with Gasteiger partial charge in [0.05, 0.1) is 18.6 Å². The SMILES string of the molecule is CC(=O)NCCO.CCCn1c(C(C)(C)C)cc2cc(NC(=O)C3(c4ccc(OCC)c(C(C)CC)c4)CC3)ccc21. The van der Waals surface area contributed by atoms with Crippen LogP contribution in [0.4, 0.5) is 5.69 Å². The van der Waals surface area contributed by atoms with Crippen LogP contribution in [-0.2, 0) is 27.0 Å². The van der Waals surface area contributed by atoms with E-state index in [1.807, 2.05) is 6.92 Å². The summed E-state index contributed by atoms with van der Waals surface area (Å²) in [5.74, 6) is 1.33. The first kappa shape index (κ1) is 33.2. The summed E-state index contributed by atoms with van der Waals surface area (Å²) in [6.07, 6.45) is 3.90. The summed E-state index contributed by atoms with van der Waals surface area (Å²) >= 11 is 0. The van der Waals surface area contributed by atoms with Crippen molar-refractivity contribution < 1.29 is 19.4 Å². The second-order valence-electron chi connectivity index (χ2n) is 12.4. The van der Waals surface area contributed by atoms with E-state index in [9.17, 15) is 9.59 Å². The van der Waals surface area contributed by atoms with Gasteiger partial charge in [-0.25, -0.2) is 0 Å². The first-order valence-corrected chi connectivity index (χ1v) is 15.5. The lowest BCUT2D eigenvalue weighted by atomic mass is 9.89. The Morgan fingerprint density at radius 3 is 2.31 bits per heavy atom. The fourth-order valence-electron chi connectivity index (χ4n) is 5.43. The van der Waals surface area contributed by atoms with Crippen LogP contribution in [0, 0.1) is 0 Å². The van der Waals surface area contributed by atoms with E-state index in [2.05, 4.69) is 99.2 Å². The van der Waals surface area contributed by atoms with Gasteiger partial charge in [0, 0.05) is 47.7 Å². The van der Waals surface area contributed by atoms with E-state index in [1.54, 1.807) is 0 Å². The smallest absolute Gasteiger partial charge is 0.235 e. The second-order valence-corrected chi connectivity index (χ2v) is 12.4. The van der Waals surface area contributed by atoms with Crippen LogP contribution in [0.2, 0.25) is 0 Å². The molecule has 230 valence electrons. The van der Waals surface area contributed by atoms with E-state index < -0.39 is 5.41 Å². The number of hydrogen-bond acceptors (Lipinski definition) is 4. The molecule has 1 aromatic heterocycles. The lowest BCUT2D eigenvalue weighted by Crippen LogP contribution is -2.28. The standard InChI is InChI=1S/C31H42N2O2.C4H9NO2/c1-8-17-33-26-13-12-24(18-22(26)19-28(33)30(5,6)7)32-29(34)31(15-16-31)23-11-14-27(35-10-3)25(20-23)21(4)9-2;1-4(7)5-2-3-6/h11-14,18-21H,8-10,15-17H2,1-7H3,(H,32,34);6H,2-3H2,1H3,(H,5,7). The molecule has 1 aliphatic rings. The normalized spacial score (nSPS) is 14.5. The lowest BCUT2D eigenvalue weighted by molar-refractivity contribution is -0.119. The highest BCUT2D eigenvalue weighted by atomic mass is 16.5. The summed E-state index contributed by atoms with van der Waals surface area (Å²) in [6, 6.07) is 15.0. The Morgan fingerprint density at radius 2 is 1.79 bits per heavy atom. The molecule has 1 heterocycles. The predicted molar refractivity (Wildman–Crippen MR) is 173 cm³/mol. The molecule has 0 saturated heterocycles. The van der Waals surface area contributed by atoms with Crippen molar-refractivity contribution in [3.05, 3.63) is 59.3 Å². The van der Waals surface area contributed by atoms with Crippen molar-refractivity contribution in [2.45, 2.75) is 104 Å². The van der Waals surface area contributed by atoms with Gasteiger partial charge in [0.25, 0.3) is 0 Å². The average Bonchev–Trinajstić information content (AvgIpc) is 3.68. The minimum Gasteiger partial charge on any atom is -0.494 e. The molecule has 1 aliphatic carbocycles. The molecular weight excluding hydrogens is 526 g/mol. The number of aromatic nitrogens is 1. The van der Waals surface area contributed by atoms with Crippen molar-refractivity contribution in [2.75, 3.05) is 25.1 Å². The zero-order valence-corrected chi connectivity index (χ0v) is 26.9. The monoisotopic (exact) mass is 577 g/mol. The molecule has 0 bridgehead atoms. The van der Waals surface area contributed by atoms with Crippen LogP contribution in [0.1, 0.15) is 104 Å². The maximum Gasteiger partial charge on any atom is 0.235 e. The fraction of sp³-hybridized carbons (Fsp3) is 0.543. The third kappa shape index (κ3) is 7.74. The zero-order valence-electron chi connectivity index (χ0n) is 26.9. The number of aryl methyl sites for hydroxylation is 1. The van der Waals surface area contributed by atoms with Gasteiger partial charge in [0.1, 0.15) is 5.75 Å². The Morgan fingerprint density at radius 1 is 1.07 bits per heavy atom. The highest BCUT2D eigenvalue weighted by molar-refractivity contribution is 6.02. The summed E-state index contributed by atoms with van der Waals surface area (Å²) in [4.78, 5) is 23.6. The number of aliphatic hydroxyl groups is 1. The minimum absolute atomic E-state index is 0.0135. The number of aliphatic hydroxyl groups excluding tert-OH is 1. The number of ether oxygens (including phenoxy) is 1. The Labute approximate surface area is 252 Å². The van der Waals surface area contributed by atoms with Crippen molar-refractivity contribution in [3.63, 3.8) is 0 Å². The molecule has 7 nitrogen and oxygen atoms in total. The van der Waals surface area contributed by atoms with Crippen LogP contribution in [0.25, 0.3) is 10.9 Å². The van der Waals surface area contributed by atoms with Crippen molar-refractivity contribution in [2.24, 2.45) is 0 Å². The fourth-order valence-corrected chi connectivity index (χ4v) is 5.43. The van der Waals surface area contributed by atoms with Crippen LogP contribution >= 0.6 is 0 Å². The number of carbonyl (C=O) groups is 2. The molecule has 2 aromatic carbocycles. The summed E-state index contributed by atoms with van der Waals surface area (Å²) in [6.45, 7) is 18.9. The molecule has 2 amide bonds.